The Hall–Kier alpha value is -2.57. The van der Waals surface area contributed by atoms with E-state index in [4.69, 9.17) is 10.5 Å². The van der Waals surface area contributed by atoms with Gasteiger partial charge in [0.05, 0.1) is 18.0 Å². The molecule has 2 amide bonds. The van der Waals surface area contributed by atoms with Crippen LogP contribution in [0.25, 0.3) is 0 Å². The summed E-state index contributed by atoms with van der Waals surface area (Å²) in [6.07, 6.45) is 4.56. The Balaban J connectivity index is 1.22. The van der Waals surface area contributed by atoms with E-state index in [0.717, 1.165) is 24.2 Å². The zero-order valence-corrected chi connectivity index (χ0v) is 17.6. The second kappa shape index (κ2) is 7.00. The summed E-state index contributed by atoms with van der Waals surface area (Å²) in [5.41, 5.74) is 6.64. The zero-order valence-electron chi connectivity index (χ0n) is 17.6. The van der Waals surface area contributed by atoms with Gasteiger partial charge >= 0.3 is 0 Å². The number of carbonyl (C=O) groups excluding carboxylic acids is 2. The molecule has 0 bridgehead atoms. The fraction of sp³-hybridized carbons (Fsp3) is 0.609. The molecule has 0 radical (unpaired) electrons. The van der Waals surface area contributed by atoms with Crippen LogP contribution in [0.2, 0.25) is 0 Å². The summed E-state index contributed by atoms with van der Waals surface area (Å²) in [5.74, 6) is 1.90. The molecule has 2 aliphatic carbocycles. The number of para-hydroxylation sites is 1. The highest BCUT2D eigenvalue weighted by atomic mass is 16.5. The van der Waals surface area contributed by atoms with Gasteiger partial charge in [0.15, 0.2) is 5.96 Å². The number of benzene rings is 1. The molecule has 2 saturated carbocycles. The Kier molecular flexibility index (Phi) is 4.52. The van der Waals surface area contributed by atoms with Gasteiger partial charge in [-0.15, -0.1) is 0 Å². The fourth-order valence-corrected chi connectivity index (χ4v) is 4.82. The average Bonchev–Trinajstić information content (AvgIpc) is 3.58. The minimum atomic E-state index is -0.452. The molecule has 0 spiro atoms. The molecule has 7 heteroatoms. The Bertz CT molecular complexity index is 907. The van der Waals surface area contributed by atoms with E-state index in [1.165, 1.54) is 12.8 Å². The normalized spacial score (nSPS) is 32.0. The first-order valence-corrected chi connectivity index (χ1v) is 11.0. The van der Waals surface area contributed by atoms with Gasteiger partial charge in [0.25, 0.3) is 0 Å². The quantitative estimate of drug-likeness (QED) is 0.779. The number of carbonyl (C=O) groups is 2. The SMILES string of the molecule is CC1(C)CC(=O)N(C[C@@H]2C[C@H]2C(=O)NC2CC(C3CC3)Oc3ccccc32)C(N)=N1. The molecule has 160 valence electrons. The van der Waals surface area contributed by atoms with Gasteiger partial charge in [-0.25, -0.2) is 4.99 Å². The first kappa shape index (κ1) is 19.4. The van der Waals surface area contributed by atoms with Gasteiger partial charge in [-0.2, -0.15) is 0 Å². The predicted molar refractivity (Wildman–Crippen MR) is 113 cm³/mol. The number of ether oxygens (including phenoxy) is 1. The van der Waals surface area contributed by atoms with Gasteiger partial charge in [-0.05, 0) is 51.0 Å². The molecular weight excluding hydrogens is 380 g/mol. The second-order valence-electron chi connectivity index (χ2n) is 9.89. The topological polar surface area (TPSA) is 97.0 Å². The fourth-order valence-electron chi connectivity index (χ4n) is 4.82. The van der Waals surface area contributed by atoms with Crippen LogP contribution < -0.4 is 15.8 Å². The van der Waals surface area contributed by atoms with Crippen LogP contribution in [0, 0.1) is 17.8 Å². The van der Waals surface area contributed by atoms with Gasteiger partial charge in [0, 0.05) is 24.4 Å². The average molecular weight is 411 g/mol. The molecule has 30 heavy (non-hydrogen) atoms. The summed E-state index contributed by atoms with van der Waals surface area (Å²) in [4.78, 5) is 31.4. The number of hydrogen-bond donors (Lipinski definition) is 2. The number of guanidine groups is 1. The number of hydrogen-bond acceptors (Lipinski definition) is 5. The maximum absolute atomic E-state index is 13.0. The summed E-state index contributed by atoms with van der Waals surface area (Å²) in [5, 5.41) is 3.27. The van der Waals surface area contributed by atoms with E-state index in [9.17, 15) is 9.59 Å². The first-order valence-electron chi connectivity index (χ1n) is 11.0. The second-order valence-corrected chi connectivity index (χ2v) is 9.89. The van der Waals surface area contributed by atoms with E-state index in [0.29, 0.717) is 18.9 Å². The molecule has 2 unspecified atom stereocenters. The maximum atomic E-state index is 13.0. The molecule has 4 atom stereocenters. The Morgan fingerprint density at radius 1 is 1.30 bits per heavy atom. The molecule has 4 aliphatic rings. The van der Waals surface area contributed by atoms with E-state index >= 15 is 0 Å². The van der Waals surface area contributed by atoms with Gasteiger partial charge in [0.2, 0.25) is 11.8 Å². The number of rotatable bonds is 5. The van der Waals surface area contributed by atoms with Crippen molar-refractivity contribution in [2.24, 2.45) is 28.5 Å². The molecule has 2 fully saturated rings. The number of amides is 2. The van der Waals surface area contributed by atoms with Crippen LogP contribution in [0.3, 0.4) is 0 Å². The smallest absolute Gasteiger partial charge is 0.231 e. The lowest BCUT2D eigenvalue weighted by Crippen LogP contribution is -2.50. The molecule has 2 heterocycles. The summed E-state index contributed by atoms with van der Waals surface area (Å²) in [6, 6.07) is 7.99. The molecular formula is C23H30N4O3. The maximum Gasteiger partial charge on any atom is 0.231 e. The first-order chi connectivity index (χ1) is 14.3. The van der Waals surface area contributed by atoms with Crippen LogP contribution in [0.1, 0.15) is 57.6 Å². The van der Waals surface area contributed by atoms with Gasteiger partial charge in [0.1, 0.15) is 11.9 Å². The number of fused-ring (bicyclic) bond motifs is 1. The minimum Gasteiger partial charge on any atom is -0.490 e. The lowest BCUT2D eigenvalue weighted by molar-refractivity contribution is -0.130. The van der Waals surface area contributed by atoms with Crippen molar-refractivity contribution in [1.29, 1.82) is 0 Å². The van der Waals surface area contributed by atoms with Crippen molar-refractivity contribution in [1.82, 2.24) is 10.2 Å². The standard InChI is InChI=1S/C23H30N4O3/c1-23(2)11-20(28)27(22(24)26-23)12-14-9-16(14)21(29)25-17-10-19(13-7-8-13)30-18-6-4-3-5-15(17)18/h3-6,13-14,16-17,19H,7-12H2,1-2H3,(H2,24,26)(H,25,29)/t14-,16+,17?,19?/m0/s1. The van der Waals surface area contributed by atoms with Gasteiger partial charge in [-0.3, -0.25) is 14.5 Å². The Morgan fingerprint density at radius 3 is 2.80 bits per heavy atom. The summed E-state index contributed by atoms with van der Waals surface area (Å²) >= 11 is 0. The van der Waals surface area contributed by atoms with Crippen LogP contribution in [-0.2, 0) is 9.59 Å². The lowest BCUT2D eigenvalue weighted by atomic mass is 9.94. The molecule has 1 aromatic carbocycles. The largest absolute Gasteiger partial charge is 0.490 e. The molecule has 7 nitrogen and oxygen atoms in total. The molecule has 0 saturated heterocycles. The predicted octanol–water partition coefficient (Wildman–Crippen LogP) is 2.37. The number of nitrogens with two attached hydrogens (primary N) is 1. The van der Waals surface area contributed by atoms with Crippen LogP contribution in [0.4, 0.5) is 0 Å². The van der Waals surface area contributed by atoms with Crippen molar-refractivity contribution < 1.29 is 14.3 Å². The van der Waals surface area contributed by atoms with Crippen molar-refractivity contribution in [2.45, 2.75) is 63.6 Å². The van der Waals surface area contributed by atoms with E-state index in [-0.39, 0.29) is 41.8 Å². The summed E-state index contributed by atoms with van der Waals surface area (Å²) in [6.45, 7) is 4.28. The third kappa shape index (κ3) is 3.77. The number of nitrogens with zero attached hydrogens (tertiary/aromatic N) is 2. The van der Waals surface area contributed by atoms with E-state index in [2.05, 4.69) is 10.3 Å². The Labute approximate surface area is 177 Å². The third-order valence-corrected chi connectivity index (χ3v) is 6.76. The Morgan fingerprint density at radius 2 is 2.07 bits per heavy atom. The van der Waals surface area contributed by atoms with Crippen LogP contribution in [0.15, 0.2) is 29.3 Å². The summed E-state index contributed by atoms with van der Waals surface area (Å²) in [7, 11) is 0. The van der Waals surface area contributed by atoms with Crippen molar-refractivity contribution in [3.63, 3.8) is 0 Å². The molecule has 3 N–H and O–H groups in total. The van der Waals surface area contributed by atoms with Crippen molar-refractivity contribution in [2.75, 3.05) is 6.54 Å². The van der Waals surface area contributed by atoms with E-state index < -0.39 is 5.54 Å². The van der Waals surface area contributed by atoms with Gasteiger partial charge in [-0.1, -0.05) is 18.2 Å². The van der Waals surface area contributed by atoms with Crippen LogP contribution in [-0.4, -0.2) is 40.9 Å². The van der Waals surface area contributed by atoms with Crippen LogP contribution in [0.5, 0.6) is 5.75 Å². The highest BCUT2D eigenvalue weighted by Crippen LogP contribution is 2.45. The van der Waals surface area contributed by atoms with Crippen LogP contribution >= 0.6 is 0 Å². The van der Waals surface area contributed by atoms with Crippen molar-refractivity contribution in [3.05, 3.63) is 29.8 Å². The molecule has 2 aliphatic heterocycles. The molecule has 0 aromatic heterocycles. The lowest BCUT2D eigenvalue weighted by Gasteiger charge is -2.33. The van der Waals surface area contributed by atoms with Crippen molar-refractivity contribution >= 4 is 17.8 Å². The van der Waals surface area contributed by atoms with E-state index in [1.54, 1.807) is 4.90 Å². The highest BCUT2D eigenvalue weighted by Gasteiger charge is 2.47. The van der Waals surface area contributed by atoms with Gasteiger partial charge < -0.3 is 15.8 Å². The van der Waals surface area contributed by atoms with Crippen molar-refractivity contribution in [3.8, 4) is 5.75 Å². The summed E-state index contributed by atoms with van der Waals surface area (Å²) < 4.78 is 6.18. The third-order valence-electron chi connectivity index (χ3n) is 6.76. The number of aliphatic imine (C=N–C) groups is 1. The number of nitrogens with one attached hydrogen (secondary N) is 1. The zero-order chi connectivity index (χ0) is 21.0. The molecule has 1 aromatic rings. The van der Waals surface area contributed by atoms with E-state index in [1.807, 2.05) is 38.1 Å². The molecule has 5 rings (SSSR count). The minimum absolute atomic E-state index is 0.0100. The monoisotopic (exact) mass is 410 g/mol. The highest BCUT2D eigenvalue weighted by molar-refractivity contribution is 5.99.